The number of para-hydroxylation sites is 1. The van der Waals surface area contributed by atoms with Crippen LogP contribution < -0.4 is 5.32 Å². The molecule has 1 aliphatic rings. The second-order valence-electron chi connectivity index (χ2n) is 6.19. The number of hydrogen-bond acceptors (Lipinski definition) is 6. The van der Waals surface area contributed by atoms with Crippen LogP contribution in [0.1, 0.15) is 19.3 Å². The lowest BCUT2D eigenvalue weighted by Crippen LogP contribution is -2.41. The number of piperidine rings is 1. The molecule has 0 unspecified atom stereocenters. The maximum Gasteiger partial charge on any atom is 0.227 e. The van der Waals surface area contributed by atoms with Crippen LogP contribution in [0.25, 0.3) is 0 Å². The molecule has 2 heterocycles. The van der Waals surface area contributed by atoms with Gasteiger partial charge in [0.05, 0.1) is 0 Å². The number of rotatable bonds is 6. The van der Waals surface area contributed by atoms with E-state index in [9.17, 15) is 9.59 Å². The van der Waals surface area contributed by atoms with Gasteiger partial charge in [-0.05, 0) is 35.4 Å². The average Bonchev–Trinajstić information content (AvgIpc) is 3.07. The van der Waals surface area contributed by atoms with Crippen molar-refractivity contribution in [2.45, 2.75) is 24.4 Å². The van der Waals surface area contributed by atoms with Crippen LogP contribution in [-0.2, 0) is 16.6 Å². The molecule has 26 heavy (non-hydrogen) atoms. The molecule has 1 fully saturated rings. The summed E-state index contributed by atoms with van der Waals surface area (Å²) in [6, 6.07) is 9.46. The van der Waals surface area contributed by atoms with E-state index >= 15 is 0 Å². The van der Waals surface area contributed by atoms with Gasteiger partial charge < -0.3 is 10.2 Å². The molecule has 9 heteroatoms. The molecule has 8 nitrogen and oxygen atoms in total. The largest absolute Gasteiger partial charge is 0.343 e. The van der Waals surface area contributed by atoms with Crippen molar-refractivity contribution in [2.75, 3.05) is 24.2 Å². The van der Waals surface area contributed by atoms with Crippen molar-refractivity contribution in [3.63, 3.8) is 0 Å². The minimum atomic E-state index is -0.0432. The first-order valence-electron chi connectivity index (χ1n) is 8.62. The van der Waals surface area contributed by atoms with E-state index in [-0.39, 0.29) is 17.7 Å². The zero-order chi connectivity index (χ0) is 18.4. The third kappa shape index (κ3) is 4.81. The molecule has 0 aliphatic carbocycles. The number of nitrogens with zero attached hydrogens (tertiary/aromatic N) is 5. The number of hydrogen-bond donors (Lipinski definition) is 1. The summed E-state index contributed by atoms with van der Waals surface area (Å²) in [6.45, 7) is 1.25. The first-order chi connectivity index (χ1) is 12.6. The van der Waals surface area contributed by atoms with Crippen LogP contribution in [0.2, 0.25) is 0 Å². The summed E-state index contributed by atoms with van der Waals surface area (Å²) in [5.41, 5.74) is 0.811. The van der Waals surface area contributed by atoms with E-state index in [1.54, 1.807) is 11.7 Å². The topological polar surface area (TPSA) is 93.0 Å². The van der Waals surface area contributed by atoms with Gasteiger partial charge in [-0.25, -0.2) is 4.68 Å². The Labute approximate surface area is 156 Å². The van der Waals surface area contributed by atoms with Gasteiger partial charge >= 0.3 is 0 Å². The lowest BCUT2D eigenvalue weighted by Gasteiger charge is -2.31. The van der Waals surface area contributed by atoms with E-state index in [4.69, 9.17) is 0 Å². The van der Waals surface area contributed by atoms with Gasteiger partial charge in [0.1, 0.15) is 0 Å². The highest BCUT2D eigenvalue weighted by molar-refractivity contribution is 7.99. The van der Waals surface area contributed by atoms with E-state index in [1.807, 2.05) is 35.2 Å². The molecule has 0 spiro atoms. The normalized spacial score (nSPS) is 15.0. The number of thioether (sulfide) groups is 1. The maximum atomic E-state index is 12.3. The highest BCUT2D eigenvalue weighted by atomic mass is 32.2. The monoisotopic (exact) mass is 374 g/mol. The summed E-state index contributed by atoms with van der Waals surface area (Å²) in [5, 5.41) is 14.9. The molecule has 0 atom stereocenters. The van der Waals surface area contributed by atoms with Gasteiger partial charge in [0.15, 0.2) is 0 Å². The van der Waals surface area contributed by atoms with Crippen molar-refractivity contribution in [1.29, 1.82) is 0 Å². The Bertz CT molecular complexity index is 743. The van der Waals surface area contributed by atoms with Gasteiger partial charge in [0.2, 0.25) is 17.0 Å². The Hall–Kier alpha value is -2.42. The van der Waals surface area contributed by atoms with Gasteiger partial charge in [0, 0.05) is 43.9 Å². The van der Waals surface area contributed by atoms with Gasteiger partial charge in [-0.2, -0.15) is 0 Å². The third-order valence-corrected chi connectivity index (χ3v) is 5.40. The summed E-state index contributed by atoms with van der Waals surface area (Å²) >= 11 is 1.47. The fourth-order valence-corrected chi connectivity index (χ4v) is 3.67. The van der Waals surface area contributed by atoms with Crippen LogP contribution >= 0.6 is 11.8 Å². The molecular formula is C17H22N6O2S. The SMILES string of the molecule is Cn1nnnc1SCCC(=O)N1CCC(C(=O)Nc2ccccc2)CC1. The predicted molar refractivity (Wildman–Crippen MR) is 98.5 cm³/mol. The second kappa shape index (κ2) is 8.79. The number of carbonyl (C=O) groups excluding carboxylic acids is 2. The van der Waals surface area contributed by atoms with Gasteiger partial charge in [-0.3, -0.25) is 9.59 Å². The van der Waals surface area contributed by atoms with E-state index in [1.165, 1.54) is 11.8 Å². The van der Waals surface area contributed by atoms with Crippen molar-refractivity contribution in [3.8, 4) is 0 Å². The molecule has 3 rings (SSSR count). The number of nitrogens with one attached hydrogen (secondary N) is 1. The summed E-state index contributed by atoms with van der Waals surface area (Å²) in [4.78, 5) is 26.5. The van der Waals surface area contributed by atoms with E-state index < -0.39 is 0 Å². The number of tetrazole rings is 1. The van der Waals surface area contributed by atoms with Crippen LogP contribution in [0.5, 0.6) is 0 Å². The highest BCUT2D eigenvalue weighted by Gasteiger charge is 2.27. The van der Waals surface area contributed by atoms with Crippen LogP contribution in [-0.4, -0.2) is 55.8 Å². The quantitative estimate of drug-likeness (QED) is 0.772. The molecule has 0 bridgehead atoms. The Balaban J connectivity index is 1.39. The molecule has 1 aliphatic heterocycles. The minimum Gasteiger partial charge on any atom is -0.343 e. The molecule has 0 radical (unpaired) electrons. The van der Waals surface area contributed by atoms with Crippen molar-refractivity contribution >= 4 is 29.3 Å². The highest BCUT2D eigenvalue weighted by Crippen LogP contribution is 2.21. The Morgan fingerprint density at radius 1 is 1.23 bits per heavy atom. The zero-order valence-electron chi connectivity index (χ0n) is 14.7. The van der Waals surface area contributed by atoms with Crippen molar-refractivity contribution in [3.05, 3.63) is 30.3 Å². The predicted octanol–water partition coefficient (Wildman–Crippen LogP) is 1.57. The number of benzene rings is 1. The number of aromatic nitrogens is 4. The maximum absolute atomic E-state index is 12.3. The van der Waals surface area contributed by atoms with Gasteiger partial charge in [-0.1, -0.05) is 30.0 Å². The molecule has 2 aromatic rings. The molecule has 0 saturated carbocycles. The van der Waals surface area contributed by atoms with E-state index in [0.717, 1.165) is 5.69 Å². The molecular weight excluding hydrogens is 352 g/mol. The second-order valence-corrected chi connectivity index (χ2v) is 7.26. The number of likely N-dealkylation sites (tertiary alicyclic amines) is 1. The summed E-state index contributed by atoms with van der Waals surface area (Å²) in [6.07, 6.45) is 1.84. The molecule has 1 aromatic carbocycles. The van der Waals surface area contributed by atoms with Gasteiger partial charge in [0.25, 0.3) is 0 Å². The number of aryl methyl sites for hydroxylation is 1. The van der Waals surface area contributed by atoms with E-state index in [0.29, 0.717) is 43.3 Å². The Morgan fingerprint density at radius 3 is 2.62 bits per heavy atom. The van der Waals surface area contributed by atoms with Gasteiger partial charge in [-0.15, -0.1) is 5.10 Å². The van der Waals surface area contributed by atoms with Crippen molar-refractivity contribution < 1.29 is 9.59 Å². The standard InChI is InChI=1S/C17H22N6O2S/c1-22-17(19-20-21-22)26-12-9-15(24)23-10-7-13(8-11-23)16(25)18-14-5-3-2-4-6-14/h2-6,13H,7-12H2,1H3,(H,18,25). The first kappa shape index (κ1) is 18.4. The Morgan fingerprint density at radius 2 is 1.96 bits per heavy atom. The number of carbonyl (C=O) groups is 2. The average molecular weight is 374 g/mol. The summed E-state index contributed by atoms with van der Waals surface area (Å²) in [5.74, 6) is 0.753. The van der Waals surface area contributed by atoms with Crippen LogP contribution in [0.4, 0.5) is 5.69 Å². The fourth-order valence-electron chi connectivity index (χ4n) is 2.89. The fraction of sp³-hybridized carbons (Fsp3) is 0.471. The Kier molecular flexibility index (Phi) is 6.21. The van der Waals surface area contributed by atoms with Crippen molar-refractivity contribution in [2.24, 2.45) is 13.0 Å². The smallest absolute Gasteiger partial charge is 0.227 e. The number of anilines is 1. The van der Waals surface area contributed by atoms with Crippen LogP contribution in [0.15, 0.2) is 35.5 Å². The summed E-state index contributed by atoms with van der Waals surface area (Å²) in [7, 11) is 1.77. The third-order valence-electron chi connectivity index (χ3n) is 4.39. The molecule has 1 N–H and O–H groups in total. The lowest BCUT2D eigenvalue weighted by molar-refractivity contribution is -0.134. The molecule has 1 aromatic heterocycles. The van der Waals surface area contributed by atoms with Crippen LogP contribution in [0, 0.1) is 5.92 Å². The molecule has 138 valence electrons. The molecule has 2 amide bonds. The summed E-state index contributed by atoms with van der Waals surface area (Å²) < 4.78 is 1.59. The zero-order valence-corrected chi connectivity index (χ0v) is 15.5. The minimum absolute atomic E-state index is 0.0358. The first-order valence-corrected chi connectivity index (χ1v) is 9.61. The van der Waals surface area contributed by atoms with Crippen molar-refractivity contribution in [1.82, 2.24) is 25.1 Å². The van der Waals surface area contributed by atoms with Crippen LogP contribution in [0.3, 0.4) is 0 Å². The molecule has 1 saturated heterocycles. The lowest BCUT2D eigenvalue weighted by atomic mass is 9.95. The number of amides is 2. The van der Waals surface area contributed by atoms with E-state index in [2.05, 4.69) is 20.8 Å².